The summed E-state index contributed by atoms with van der Waals surface area (Å²) in [7, 11) is -4.47. The largest absolute Gasteiger partial charge is 0.243 e. The van der Waals surface area contributed by atoms with Crippen LogP contribution in [0.15, 0.2) is 29.2 Å². The van der Waals surface area contributed by atoms with Crippen LogP contribution in [0.5, 0.6) is 0 Å². The van der Waals surface area contributed by atoms with Gasteiger partial charge in [-0.25, -0.2) is 8.42 Å². The molecule has 0 fully saturated rings. The first-order valence-corrected chi connectivity index (χ1v) is 11.9. The summed E-state index contributed by atoms with van der Waals surface area (Å²) in [5, 5.41) is 0. The van der Waals surface area contributed by atoms with Gasteiger partial charge in [-0.15, -0.1) is 0 Å². The van der Waals surface area contributed by atoms with Gasteiger partial charge in [0.25, 0.3) is 0 Å². The number of nitrogens with zero attached hydrogens (tertiary/aromatic N) is 1. The molecule has 0 N–H and O–H groups in total. The van der Waals surface area contributed by atoms with Crippen molar-refractivity contribution in [2.24, 2.45) is 0 Å². The molecule has 0 aliphatic rings. The lowest BCUT2D eigenvalue weighted by Gasteiger charge is -2.19. The number of sulfonamides is 1. The van der Waals surface area contributed by atoms with Crippen molar-refractivity contribution < 1.29 is 8.42 Å². The molecule has 0 saturated heterocycles. The highest BCUT2D eigenvalue weighted by atomic mass is 32.2. The minimum atomic E-state index is -3.32. The van der Waals surface area contributed by atoms with Crippen LogP contribution in [0.4, 0.5) is 0 Å². The molecule has 0 bridgehead atoms. The van der Waals surface area contributed by atoms with E-state index in [1.54, 1.807) is 12.1 Å². The third-order valence-electron chi connectivity index (χ3n) is 3.00. The molecule has 19 heavy (non-hydrogen) atoms. The Morgan fingerprint density at radius 3 is 1.84 bits per heavy atom. The van der Waals surface area contributed by atoms with E-state index < -0.39 is 18.1 Å². The van der Waals surface area contributed by atoms with E-state index in [1.807, 2.05) is 26.0 Å². The zero-order valence-electron chi connectivity index (χ0n) is 12.6. The Kier molecular flexibility index (Phi) is 5.35. The SMILES string of the molecule is CCN(CC)S(=O)(=O)c1ccc(C[Si](C)(C)C)cc1. The first kappa shape index (κ1) is 16.4. The second-order valence-corrected chi connectivity index (χ2v) is 13.4. The van der Waals surface area contributed by atoms with Crippen LogP contribution in [0.1, 0.15) is 19.4 Å². The second-order valence-electron chi connectivity index (χ2n) is 5.97. The average molecular weight is 300 g/mol. The topological polar surface area (TPSA) is 37.4 Å². The Bertz CT molecular complexity index is 499. The summed E-state index contributed by atoms with van der Waals surface area (Å²) in [6.45, 7) is 11.7. The number of hydrogen-bond donors (Lipinski definition) is 0. The van der Waals surface area contributed by atoms with Crippen LogP contribution in [0.2, 0.25) is 19.6 Å². The Hall–Kier alpha value is -0.653. The van der Waals surface area contributed by atoms with Crippen LogP contribution >= 0.6 is 0 Å². The van der Waals surface area contributed by atoms with Crippen LogP contribution in [-0.2, 0) is 16.1 Å². The van der Waals surface area contributed by atoms with E-state index in [1.165, 1.54) is 9.87 Å². The van der Waals surface area contributed by atoms with Gasteiger partial charge in [-0.1, -0.05) is 51.2 Å². The zero-order chi connectivity index (χ0) is 14.7. The monoisotopic (exact) mass is 299 g/mol. The lowest BCUT2D eigenvalue weighted by atomic mass is 10.2. The molecular formula is C14H25NO2SSi. The van der Waals surface area contributed by atoms with Gasteiger partial charge in [0.05, 0.1) is 4.90 Å². The fourth-order valence-electron chi connectivity index (χ4n) is 2.10. The summed E-state index contributed by atoms with van der Waals surface area (Å²) >= 11 is 0. The third-order valence-corrected chi connectivity index (χ3v) is 6.53. The van der Waals surface area contributed by atoms with Gasteiger partial charge in [-0.3, -0.25) is 0 Å². The summed E-state index contributed by atoms with van der Waals surface area (Å²) in [6.07, 6.45) is 0. The summed E-state index contributed by atoms with van der Waals surface area (Å²) in [4.78, 5) is 0.399. The Labute approximate surface area is 118 Å². The molecule has 1 aromatic rings. The van der Waals surface area contributed by atoms with E-state index in [2.05, 4.69) is 19.6 Å². The van der Waals surface area contributed by atoms with Crippen LogP contribution in [0.25, 0.3) is 0 Å². The number of benzene rings is 1. The summed E-state index contributed by atoms with van der Waals surface area (Å²) < 4.78 is 26.1. The van der Waals surface area contributed by atoms with Gasteiger partial charge in [0, 0.05) is 21.2 Å². The Balaban J connectivity index is 2.99. The normalized spacial score (nSPS) is 12.9. The first-order valence-electron chi connectivity index (χ1n) is 6.80. The third kappa shape index (κ3) is 4.44. The standard InChI is InChI=1S/C14H25NO2SSi/c1-6-15(7-2)18(16,17)14-10-8-13(9-11-14)12-19(3,4)5/h8-11H,6-7,12H2,1-5H3. The maximum Gasteiger partial charge on any atom is 0.243 e. The molecule has 0 atom stereocenters. The van der Waals surface area contributed by atoms with E-state index in [4.69, 9.17) is 0 Å². The molecule has 0 heterocycles. The van der Waals surface area contributed by atoms with Crippen molar-refractivity contribution in [3.63, 3.8) is 0 Å². The lowest BCUT2D eigenvalue weighted by molar-refractivity contribution is 0.445. The van der Waals surface area contributed by atoms with Crippen molar-refractivity contribution >= 4 is 18.1 Å². The smallest absolute Gasteiger partial charge is 0.207 e. The van der Waals surface area contributed by atoms with Gasteiger partial charge in [-0.05, 0) is 18.2 Å². The quantitative estimate of drug-likeness (QED) is 0.757. The summed E-state index contributed by atoms with van der Waals surface area (Å²) in [5.74, 6) is 0. The molecular weight excluding hydrogens is 274 g/mol. The molecule has 0 aromatic heterocycles. The molecule has 0 aliphatic carbocycles. The average Bonchev–Trinajstić information content (AvgIpc) is 2.28. The van der Waals surface area contributed by atoms with Crippen LogP contribution < -0.4 is 0 Å². The van der Waals surface area contributed by atoms with Gasteiger partial charge < -0.3 is 0 Å². The number of hydrogen-bond acceptors (Lipinski definition) is 2. The van der Waals surface area contributed by atoms with Crippen molar-refractivity contribution in [2.75, 3.05) is 13.1 Å². The van der Waals surface area contributed by atoms with Crippen LogP contribution in [-0.4, -0.2) is 33.9 Å². The number of rotatable bonds is 6. The maximum absolute atomic E-state index is 12.3. The molecule has 0 radical (unpaired) electrons. The van der Waals surface area contributed by atoms with Crippen molar-refractivity contribution in [3.8, 4) is 0 Å². The van der Waals surface area contributed by atoms with Crippen molar-refractivity contribution in [3.05, 3.63) is 29.8 Å². The molecule has 0 unspecified atom stereocenters. The fraction of sp³-hybridized carbons (Fsp3) is 0.571. The molecule has 5 heteroatoms. The van der Waals surface area contributed by atoms with E-state index in [0.29, 0.717) is 18.0 Å². The van der Waals surface area contributed by atoms with Gasteiger partial charge in [0.2, 0.25) is 10.0 Å². The summed E-state index contributed by atoms with van der Waals surface area (Å²) in [6, 6.07) is 8.47. The van der Waals surface area contributed by atoms with Crippen molar-refractivity contribution in [1.29, 1.82) is 0 Å². The Morgan fingerprint density at radius 2 is 1.47 bits per heavy atom. The Morgan fingerprint density at radius 1 is 1.00 bits per heavy atom. The highest BCUT2D eigenvalue weighted by Crippen LogP contribution is 2.18. The summed E-state index contributed by atoms with van der Waals surface area (Å²) in [5.41, 5.74) is 1.23. The minimum absolute atomic E-state index is 0.399. The van der Waals surface area contributed by atoms with E-state index in [0.717, 1.165) is 6.04 Å². The fourth-order valence-corrected chi connectivity index (χ4v) is 5.02. The molecule has 0 aliphatic heterocycles. The highest BCUT2D eigenvalue weighted by Gasteiger charge is 2.21. The molecule has 0 spiro atoms. The molecule has 1 aromatic carbocycles. The highest BCUT2D eigenvalue weighted by molar-refractivity contribution is 7.89. The molecule has 1 rings (SSSR count). The van der Waals surface area contributed by atoms with Crippen molar-refractivity contribution in [1.82, 2.24) is 4.31 Å². The molecule has 108 valence electrons. The second kappa shape index (κ2) is 6.20. The van der Waals surface area contributed by atoms with Crippen molar-refractivity contribution in [2.45, 2.75) is 44.4 Å². The molecule has 0 amide bonds. The van der Waals surface area contributed by atoms with Gasteiger partial charge in [0.15, 0.2) is 0 Å². The lowest BCUT2D eigenvalue weighted by Crippen LogP contribution is -2.30. The van der Waals surface area contributed by atoms with Gasteiger partial charge in [0.1, 0.15) is 0 Å². The van der Waals surface area contributed by atoms with E-state index >= 15 is 0 Å². The van der Waals surface area contributed by atoms with E-state index in [-0.39, 0.29) is 0 Å². The predicted octanol–water partition coefficient (Wildman–Crippen LogP) is 3.14. The van der Waals surface area contributed by atoms with Gasteiger partial charge in [-0.2, -0.15) is 4.31 Å². The van der Waals surface area contributed by atoms with E-state index in [9.17, 15) is 8.42 Å². The van der Waals surface area contributed by atoms with Crippen LogP contribution in [0, 0.1) is 0 Å². The maximum atomic E-state index is 12.3. The van der Waals surface area contributed by atoms with Crippen LogP contribution in [0.3, 0.4) is 0 Å². The minimum Gasteiger partial charge on any atom is -0.207 e. The zero-order valence-corrected chi connectivity index (χ0v) is 14.4. The first-order chi connectivity index (χ1) is 8.70. The predicted molar refractivity (Wildman–Crippen MR) is 83.6 cm³/mol. The molecule has 0 saturated carbocycles. The van der Waals surface area contributed by atoms with Gasteiger partial charge >= 0.3 is 0 Å². The molecule has 3 nitrogen and oxygen atoms in total.